The quantitative estimate of drug-likeness (QED) is 0.610. The molecule has 5 nitrogen and oxygen atoms in total. The Labute approximate surface area is 153 Å². The lowest BCUT2D eigenvalue weighted by molar-refractivity contribution is 0.223. The molecule has 3 aromatic rings. The van der Waals surface area contributed by atoms with Crippen molar-refractivity contribution in [2.75, 3.05) is 33.4 Å². The van der Waals surface area contributed by atoms with Gasteiger partial charge in [-0.05, 0) is 43.4 Å². The third-order valence-corrected chi connectivity index (χ3v) is 4.96. The van der Waals surface area contributed by atoms with Crippen molar-refractivity contribution in [2.45, 2.75) is 13.8 Å². The van der Waals surface area contributed by atoms with Gasteiger partial charge in [-0.2, -0.15) is 0 Å². The molecule has 0 amide bonds. The molecule has 5 heteroatoms. The minimum absolute atomic E-state index is 0.0155. The molecule has 1 heterocycles. The summed E-state index contributed by atoms with van der Waals surface area (Å²) in [6, 6.07) is 11.3. The van der Waals surface area contributed by atoms with Gasteiger partial charge in [-0.3, -0.25) is 4.79 Å². The van der Waals surface area contributed by atoms with Crippen LogP contribution in [0.1, 0.15) is 13.8 Å². The average molecular weight is 354 g/mol. The summed E-state index contributed by atoms with van der Waals surface area (Å²) < 4.78 is 13.2. The summed E-state index contributed by atoms with van der Waals surface area (Å²) in [5.74, 6) is 1.47. The first-order chi connectivity index (χ1) is 12.6. The fourth-order valence-electron chi connectivity index (χ4n) is 3.29. The number of hydrogen-bond donors (Lipinski definition) is 0. The van der Waals surface area contributed by atoms with E-state index in [2.05, 4.69) is 18.7 Å². The van der Waals surface area contributed by atoms with Gasteiger partial charge in [0.15, 0.2) is 5.43 Å². The van der Waals surface area contributed by atoms with Crippen molar-refractivity contribution < 1.29 is 9.47 Å². The highest BCUT2D eigenvalue weighted by Crippen LogP contribution is 2.24. The van der Waals surface area contributed by atoms with Crippen molar-refractivity contribution in [3.63, 3.8) is 0 Å². The predicted octanol–water partition coefficient (Wildman–Crippen LogP) is 3.42. The van der Waals surface area contributed by atoms with Crippen LogP contribution in [0.2, 0.25) is 0 Å². The Balaban J connectivity index is 1.98. The number of methoxy groups -OCH3 is 1. The van der Waals surface area contributed by atoms with Crippen LogP contribution in [0.25, 0.3) is 21.8 Å². The fourth-order valence-corrected chi connectivity index (χ4v) is 3.29. The van der Waals surface area contributed by atoms with E-state index in [0.717, 1.165) is 36.4 Å². The molecule has 26 heavy (non-hydrogen) atoms. The van der Waals surface area contributed by atoms with E-state index >= 15 is 0 Å². The summed E-state index contributed by atoms with van der Waals surface area (Å²) in [6.07, 6.45) is 0. The van der Waals surface area contributed by atoms with Crippen molar-refractivity contribution in [2.24, 2.45) is 7.05 Å². The molecule has 0 atom stereocenters. The second-order valence-electron chi connectivity index (χ2n) is 6.33. The highest BCUT2D eigenvalue weighted by molar-refractivity contribution is 5.94. The van der Waals surface area contributed by atoms with E-state index < -0.39 is 0 Å². The van der Waals surface area contributed by atoms with Gasteiger partial charge in [0.25, 0.3) is 0 Å². The number of rotatable bonds is 7. The summed E-state index contributed by atoms with van der Waals surface area (Å²) in [6.45, 7) is 7.85. The molecule has 0 bridgehead atoms. The molecule has 1 aromatic heterocycles. The lowest BCUT2D eigenvalue weighted by Gasteiger charge is -2.18. The second kappa shape index (κ2) is 7.79. The van der Waals surface area contributed by atoms with E-state index in [9.17, 15) is 4.79 Å². The number of benzene rings is 2. The number of likely N-dealkylation sites (N-methyl/N-ethyl adjacent to an activating group) is 1. The molecule has 0 aliphatic rings. The normalized spacial score (nSPS) is 11.4. The molecule has 0 spiro atoms. The standard InChI is InChI=1S/C21H26N2O3/c1-5-23(6-2)11-12-26-16-7-9-17-20(14-16)22(3)19-10-8-15(25-4)13-18(19)21(17)24/h7-10,13-14H,5-6,11-12H2,1-4H3. The van der Waals surface area contributed by atoms with E-state index in [1.807, 2.05) is 41.9 Å². The van der Waals surface area contributed by atoms with Gasteiger partial charge in [0, 0.05) is 30.4 Å². The van der Waals surface area contributed by atoms with Crippen molar-refractivity contribution in [1.82, 2.24) is 9.47 Å². The minimum atomic E-state index is 0.0155. The number of pyridine rings is 1. The zero-order valence-electron chi connectivity index (χ0n) is 15.9. The monoisotopic (exact) mass is 354 g/mol. The van der Waals surface area contributed by atoms with E-state index in [1.165, 1.54) is 0 Å². The second-order valence-corrected chi connectivity index (χ2v) is 6.33. The predicted molar refractivity (Wildman–Crippen MR) is 107 cm³/mol. The zero-order chi connectivity index (χ0) is 18.7. The Morgan fingerprint density at radius 2 is 1.69 bits per heavy atom. The molecule has 0 aliphatic heterocycles. The van der Waals surface area contributed by atoms with Gasteiger partial charge in [-0.15, -0.1) is 0 Å². The molecule has 0 fully saturated rings. The van der Waals surface area contributed by atoms with Crippen LogP contribution in [0.15, 0.2) is 41.2 Å². The van der Waals surface area contributed by atoms with Crippen LogP contribution in [0.5, 0.6) is 11.5 Å². The van der Waals surface area contributed by atoms with Gasteiger partial charge < -0.3 is 18.9 Å². The molecule has 2 aromatic carbocycles. The van der Waals surface area contributed by atoms with Crippen LogP contribution in [-0.2, 0) is 7.05 Å². The van der Waals surface area contributed by atoms with E-state index in [0.29, 0.717) is 23.1 Å². The highest BCUT2D eigenvalue weighted by atomic mass is 16.5. The maximum absolute atomic E-state index is 12.9. The Morgan fingerprint density at radius 3 is 2.38 bits per heavy atom. The van der Waals surface area contributed by atoms with Crippen molar-refractivity contribution >= 4 is 21.8 Å². The number of hydrogen-bond acceptors (Lipinski definition) is 4. The number of nitrogens with zero attached hydrogens (tertiary/aromatic N) is 2. The number of fused-ring (bicyclic) bond motifs is 2. The van der Waals surface area contributed by atoms with Gasteiger partial charge in [0.1, 0.15) is 18.1 Å². The molecule has 3 rings (SSSR count). The smallest absolute Gasteiger partial charge is 0.197 e. The Hall–Kier alpha value is -2.53. The van der Waals surface area contributed by atoms with E-state index in [4.69, 9.17) is 9.47 Å². The summed E-state index contributed by atoms with van der Waals surface area (Å²) in [4.78, 5) is 15.2. The Bertz CT molecular complexity index is 974. The van der Waals surface area contributed by atoms with Gasteiger partial charge in [0.05, 0.1) is 18.1 Å². The topological polar surface area (TPSA) is 43.7 Å². The van der Waals surface area contributed by atoms with E-state index in [1.54, 1.807) is 13.2 Å². The SMILES string of the molecule is CCN(CC)CCOc1ccc2c(=O)c3cc(OC)ccc3n(C)c2c1. The lowest BCUT2D eigenvalue weighted by atomic mass is 10.1. The molecule has 0 aliphatic carbocycles. The number of aryl methyl sites for hydroxylation is 1. The first-order valence-corrected chi connectivity index (χ1v) is 9.04. The molecule has 0 unspecified atom stereocenters. The van der Waals surface area contributed by atoms with E-state index in [-0.39, 0.29) is 5.43 Å². The molecular formula is C21H26N2O3. The molecule has 0 saturated heterocycles. The Morgan fingerprint density at radius 1 is 0.962 bits per heavy atom. The van der Waals surface area contributed by atoms with Crippen molar-refractivity contribution in [3.8, 4) is 11.5 Å². The van der Waals surface area contributed by atoms with Gasteiger partial charge in [0.2, 0.25) is 0 Å². The summed E-state index contributed by atoms with van der Waals surface area (Å²) in [5.41, 5.74) is 1.76. The van der Waals surface area contributed by atoms with Gasteiger partial charge in [-0.1, -0.05) is 13.8 Å². The molecule has 138 valence electrons. The maximum atomic E-state index is 12.9. The minimum Gasteiger partial charge on any atom is -0.497 e. The third-order valence-electron chi connectivity index (χ3n) is 4.96. The van der Waals surface area contributed by atoms with Crippen molar-refractivity contribution in [1.29, 1.82) is 0 Å². The first kappa shape index (κ1) is 18.3. The maximum Gasteiger partial charge on any atom is 0.197 e. The van der Waals surface area contributed by atoms with Crippen LogP contribution in [0.4, 0.5) is 0 Å². The van der Waals surface area contributed by atoms with Crippen LogP contribution in [0.3, 0.4) is 0 Å². The van der Waals surface area contributed by atoms with Crippen LogP contribution in [0, 0.1) is 0 Å². The third kappa shape index (κ3) is 3.40. The van der Waals surface area contributed by atoms with Crippen molar-refractivity contribution in [3.05, 3.63) is 46.6 Å². The molecule has 0 saturated carbocycles. The lowest BCUT2D eigenvalue weighted by Crippen LogP contribution is -2.27. The highest BCUT2D eigenvalue weighted by Gasteiger charge is 2.11. The molecular weight excluding hydrogens is 328 g/mol. The van der Waals surface area contributed by atoms with Gasteiger partial charge >= 0.3 is 0 Å². The van der Waals surface area contributed by atoms with Gasteiger partial charge in [-0.25, -0.2) is 0 Å². The number of ether oxygens (including phenoxy) is 2. The molecule has 0 N–H and O–H groups in total. The average Bonchev–Trinajstić information content (AvgIpc) is 2.69. The first-order valence-electron chi connectivity index (χ1n) is 9.04. The number of aromatic nitrogens is 1. The summed E-state index contributed by atoms with van der Waals surface area (Å²) in [5, 5.41) is 1.35. The fraction of sp³-hybridized carbons (Fsp3) is 0.381. The molecule has 0 radical (unpaired) electrons. The van der Waals surface area contributed by atoms with Crippen LogP contribution in [-0.4, -0.2) is 42.8 Å². The summed E-state index contributed by atoms with van der Waals surface area (Å²) in [7, 11) is 3.57. The van der Waals surface area contributed by atoms with Crippen LogP contribution < -0.4 is 14.9 Å². The summed E-state index contributed by atoms with van der Waals surface area (Å²) >= 11 is 0. The Kier molecular flexibility index (Phi) is 5.47. The van der Waals surface area contributed by atoms with Crippen LogP contribution >= 0.6 is 0 Å². The largest absolute Gasteiger partial charge is 0.497 e. The zero-order valence-corrected chi connectivity index (χ0v) is 15.9.